The fourth-order valence-electron chi connectivity index (χ4n) is 2.29. The monoisotopic (exact) mass is 180 g/mol. The first-order valence-electron chi connectivity index (χ1n) is 5.20. The van der Waals surface area contributed by atoms with E-state index in [1.807, 2.05) is 0 Å². The molecule has 1 atom stereocenters. The molecule has 2 nitrogen and oxygen atoms in total. The smallest absolute Gasteiger partial charge is 0.310 e. The predicted octanol–water partition coefficient (Wildman–Crippen LogP) is 2.79. The van der Waals surface area contributed by atoms with Gasteiger partial charge in [-0.3, -0.25) is 4.79 Å². The number of carbonyl (C=O) groups excluding carboxylic acids is 1. The van der Waals surface area contributed by atoms with E-state index < -0.39 is 0 Å². The molecule has 13 heavy (non-hydrogen) atoms. The average Bonchev–Trinajstić information content (AvgIpc) is 2.27. The van der Waals surface area contributed by atoms with Crippen molar-refractivity contribution >= 4 is 5.97 Å². The van der Waals surface area contributed by atoms with E-state index in [1.165, 1.54) is 18.4 Å². The summed E-state index contributed by atoms with van der Waals surface area (Å²) in [5.74, 6) is 1.61. The number of rotatable bonds is 0. The van der Waals surface area contributed by atoms with E-state index >= 15 is 0 Å². The second-order valence-electron chi connectivity index (χ2n) is 4.07. The highest BCUT2D eigenvalue weighted by Crippen LogP contribution is 2.35. The van der Waals surface area contributed by atoms with Gasteiger partial charge in [0.05, 0.1) is 0 Å². The van der Waals surface area contributed by atoms with Gasteiger partial charge in [0.15, 0.2) is 0 Å². The van der Waals surface area contributed by atoms with Crippen LogP contribution in [0.25, 0.3) is 0 Å². The molecular formula is C11H16O2. The first-order valence-corrected chi connectivity index (χ1v) is 5.20. The molecule has 0 radical (unpaired) electrons. The third-order valence-electron chi connectivity index (χ3n) is 3.06. The van der Waals surface area contributed by atoms with Gasteiger partial charge in [0.1, 0.15) is 5.76 Å². The van der Waals surface area contributed by atoms with Gasteiger partial charge in [-0.1, -0.05) is 6.92 Å². The zero-order chi connectivity index (χ0) is 9.26. The van der Waals surface area contributed by atoms with Crippen molar-refractivity contribution in [3.8, 4) is 0 Å². The molecule has 0 saturated carbocycles. The predicted molar refractivity (Wildman–Crippen MR) is 50.0 cm³/mol. The quantitative estimate of drug-likeness (QED) is 0.536. The van der Waals surface area contributed by atoms with Crippen LogP contribution in [0, 0.1) is 5.92 Å². The summed E-state index contributed by atoms with van der Waals surface area (Å²) in [4.78, 5) is 11.2. The van der Waals surface area contributed by atoms with Gasteiger partial charge in [0, 0.05) is 12.8 Å². The Balaban J connectivity index is 2.23. The largest absolute Gasteiger partial charge is 0.431 e. The first-order chi connectivity index (χ1) is 6.27. The maximum absolute atomic E-state index is 11.2. The molecule has 0 saturated heterocycles. The zero-order valence-electron chi connectivity index (χ0n) is 8.14. The second kappa shape index (κ2) is 3.52. The minimum Gasteiger partial charge on any atom is -0.431 e. The van der Waals surface area contributed by atoms with Gasteiger partial charge in [-0.2, -0.15) is 0 Å². The summed E-state index contributed by atoms with van der Waals surface area (Å²) >= 11 is 0. The van der Waals surface area contributed by atoms with Crippen molar-refractivity contribution in [2.24, 2.45) is 5.92 Å². The van der Waals surface area contributed by atoms with Crippen LogP contribution in [0.2, 0.25) is 0 Å². The fourth-order valence-corrected chi connectivity index (χ4v) is 2.29. The molecule has 0 spiro atoms. The molecule has 0 N–H and O–H groups in total. The van der Waals surface area contributed by atoms with Crippen LogP contribution in [0.3, 0.4) is 0 Å². The summed E-state index contributed by atoms with van der Waals surface area (Å²) in [6.07, 6.45) is 6.05. The van der Waals surface area contributed by atoms with Gasteiger partial charge in [-0.25, -0.2) is 0 Å². The first kappa shape index (κ1) is 8.79. The van der Waals surface area contributed by atoms with Crippen LogP contribution in [-0.2, 0) is 9.53 Å². The number of hydrogen-bond donors (Lipinski definition) is 0. The van der Waals surface area contributed by atoms with Gasteiger partial charge >= 0.3 is 5.97 Å². The van der Waals surface area contributed by atoms with Crippen LogP contribution in [0.15, 0.2) is 11.3 Å². The molecule has 72 valence electrons. The highest BCUT2D eigenvalue weighted by molar-refractivity contribution is 5.71. The average molecular weight is 180 g/mol. The highest BCUT2D eigenvalue weighted by Gasteiger charge is 2.24. The zero-order valence-corrected chi connectivity index (χ0v) is 8.14. The van der Waals surface area contributed by atoms with Crippen molar-refractivity contribution in [2.75, 3.05) is 0 Å². The normalized spacial score (nSPS) is 29.3. The van der Waals surface area contributed by atoms with Crippen LogP contribution < -0.4 is 0 Å². The molecule has 0 aromatic rings. The molecule has 1 unspecified atom stereocenters. The molecule has 0 bridgehead atoms. The van der Waals surface area contributed by atoms with E-state index in [4.69, 9.17) is 4.74 Å². The lowest BCUT2D eigenvalue weighted by molar-refractivity contribution is -0.139. The van der Waals surface area contributed by atoms with E-state index in [0.717, 1.165) is 25.0 Å². The number of ether oxygens (including phenoxy) is 1. The molecule has 1 heterocycles. The van der Waals surface area contributed by atoms with Crippen molar-refractivity contribution in [2.45, 2.75) is 45.4 Å². The Kier molecular flexibility index (Phi) is 2.38. The topological polar surface area (TPSA) is 26.3 Å². The molecule has 2 aliphatic rings. The minimum absolute atomic E-state index is 0.0286. The van der Waals surface area contributed by atoms with Gasteiger partial charge in [-0.05, 0) is 37.2 Å². The molecule has 0 amide bonds. The van der Waals surface area contributed by atoms with Gasteiger partial charge in [-0.15, -0.1) is 0 Å². The maximum atomic E-state index is 11.2. The summed E-state index contributed by atoms with van der Waals surface area (Å²) in [7, 11) is 0. The van der Waals surface area contributed by atoms with Gasteiger partial charge < -0.3 is 4.74 Å². The Bertz CT molecular complexity index is 253. The lowest BCUT2D eigenvalue weighted by Crippen LogP contribution is -2.11. The Morgan fingerprint density at radius 3 is 2.92 bits per heavy atom. The van der Waals surface area contributed by atoms with Crippen LogP contribution in [0.4, 0.5) is 0 Å². The molecule has 0 aromatic heterocycles. The van der Waals surface area contributed by atoms with Crippen molar-refractivity contribution in [3.63, 3.8) is 0 Å². The minimum atomic E-state index is -0.0286. The second-order valence-corrected chi connectivity index (χ2v) is 4.07. The SMILES string of the molecule is CC1CCCC2=C1CCCC(=O)O2. The van der Waals surface area contributed by atoms with Crippen LogP contribution in [0.1, 0.15) is 45.4 Å². The Labute approximate surface area is 79.0 Å². The molecule has 0 fully saturated rings. The molecule has 1 aliphatic carbocycles. The van der Waals surface area contributed by atoms with E-state index in [0.29, 0.717) is 12.3 Å². The Hall–Kier alpha value is -0.790. The van der Waals surface area contributed by atoms with E-state index in [9.17, 15) is 4.79 Å². The van der Waals surface area contributed by atoms with Crippen molar-refractivity contribution in [1.82, 2.24) is 0 Å². The standard InChI is InChI=1S/C11H16O2/c1-8-4-2-6-10-9(8)5-3-7-11(12)13-10/h8H,2-7H2,1H3. The Morgan fingerprint density at radius 1 is 1.23 bits per heavy atom. The summed E-state index contributed by atoms with van der Waals surface area (Å²) in [5, 5.41) is 0. The fraction of sp³-hybridized carbons (Fsp3) is 0.727. The molecular weight excluding hydrogens is 164 g/mol. The summed E-state index contributed by atoms with van der Waals surface area (Å²) in [6.45, 7) is 2.24. The molecule has 2 heteroatoms. The third-order valence-corrected chi connectivity index (χ3v) is 3.06. The van der Waals surface area contributed by atoms with E-state index in [2.05, 4.69) is 6.92 Å². The van der Waals surface area contributed by atoms with Crippen molar-refractivity contribution in [1.29, 1.82) is 0 Å². The van der Waals surface area contributed by atoms with Gasteiger partial charge in [0.25, 0.3) is 0 Å². The summed E-state index contributed by atoms with van der Waals surface area (Å²) < 4.78 is 5.33. The van der Waals surface area contributed by atoms with Crippen LogP contribution in [-0.4, -0.2) is 5.97 Å². The van der Waals surface area contributed by atoms with Crippen molar-refractivity contribution in [3.05, 3.63) is 11.3 Å². The van der Waals surface area contributed by atoms with E-state index in [-0.39, 0.29) is 5.97 Å². The van der Waals surface area contributed by atoms with E-state index in [1.54, 1.807) is 0 Å². The lowest BCUT2D eigenvalue weighted by atomic mass is 9.85. The molecule has 1 aliphatic heterocycles. The van der Waals surface area contributed by atoms with Crippen molar-refractivity contribution < 1.29 is 9.53 Å². The lowest BCUT2D eigenvalue weighted by Gasteiger charge is -2.23. The van der Waals surface area contributed by atoms with Gasteiger partial charge in [0.2, 0.25) is 0 Å². The van der Waals surface area contributed by atoms with Crippen LogP contribution in [0.5, 0.6) is 0 Å². The summed E-state index contributed by atoms with van der Waals surface area (Å²) in [5.41, 5.74) is 1.41. The number of hydrogen-bond acceptors (Lipinski definition) is 2. The number of carbonyl (C=O) groups is 1. The summed E-state index contributed by atoms with van der Waals surface area (Å²) in [6, 6.07) is 0. The maximum Gasteiger partial charge on any atom is 0.310 e. The number of allylic oxidation sites excluding steroid dienone is 2. The Morgan fingerprint density at radius 2 is 2.08 bits per heavy atom. The highest BCUT2D eigenvalue weighted by atomic mass is 16.5. The molecule has 0 aromatic carbocycles. The third kappa shape index (κ3) is 1.77. The van der Waals surface area contributed by atoms with Crippen LogP contribution >= 0.6 is 0 Å². The molecule has 2 rings (SSSR count). The number of esters is 1.